The summed E-state index contributed by atoms with van der Waals surface area (Å²) in [6.45, 7) is 5.52. The van der Waals surface area contributed by atoms with Gasteiger partial charge in [-0.3, -0.25) is 9.59 Å². The molecular weight excluding hydrogens is 368 g/mol. The number of amides is 2. The summed E-state index contributed by atoms with van der Waals surface area (Å²) in [5, 5.41) is 14.6. The normalized spacial score (nSPS) is 13.3. The van der Waals surface area contributed by atoms with E-state index in [2.05, 4.69) is 10.6 Å². The first-order valence-electron chi connectivity index (χ1n) is 9.50. The quantitative estimate of drug-likeness (QED) is 0.598. The highest BCUT2D eigenvalue weighted by molar-refractivity contribution is 6.06. The predicted molar refractivity (Wildman–Crippen MR) is 112 cm³/mol. The maximum absolute atomic E-state index is 12.8. The second-order valence-electron chi connectivity index (χ2n) is 6.96. The van der Waals surface area contributed by atoms with Crippen LogP contribution >= 0.6 is 0 Å². The van der Waals surface area contributed by atoms with Crippen LogP contribution in [-0.2, 0) is 9.59 Å². The van der Waals surface area contributed by atoms with E-state index >= 15 is 0 Å². The molecule has 2 atom stereocenters. The van der Waals surface area contributed by atoms with Crippen LogP contribution in [0.1, 0.15) is 41.8 Å². The molecule has 0 saturated carbocycles. The highest BCUT2D eigenvalue weighted by atomic mass is 16.4. The number of carbonyl (C=O) groups is 3. The molecule has 0 aliphatic carbocycles. The van der Waals surface area contributed by atoms with Crippen molar-refractivity contribution in [2.24, 2.45) is 5.92 Å². The number of benzene rings is 2. The number of hydrogen-bond donors (Lipinski definition) is 3. The Morgan fingerprint density at radius 2 is 1.66 bits per heavy atom. The Balaban J connectivity index is 2.30. The average molecular weight is 394 g/mol. The Labute approximate surface area is 170 Å². The number of aliphatic carboxylic acids is 1. The minimum absolute atomic E-state index is 0.0173. The van der Waals surface area contributed by atoms with Gasteiger partial charge in [-0.2, -0.15) is 0 Å². The number of nitrogens with one attached hydrogen (secondary N) is 2. The topological polar surface area (TPSA) is 95.5 Å². The highest BCUT2D eigenvalue weighted by Crippen LogP contribution is 2.11. The molecule has 152 valence electrons. The summed E-state index contributed by atoms with van der Waals surface area (Å²) in [4.78, 5) is 37.0. The van der Waals surface area contributed by atoms with Crippen LogP contribution < -0.4 is 10.6 Å². The van der Waals surface area contributed by atoms with Gasteiger partial charge in [-0.1, -0.05) is 68.3 Å². The van der Waals surface area contributed by atoms with Gasteiger partial charge in [-0.15, -0.1) is 0 Å². The molecule has 0 saturated heterocycles. The van der Waals surface area contributed by atoms with E-state index in [1.165, 1.54) is 6.08 Å². The van der Waals surface area contributed by atoms with Crippen LogP contribution in [0.25, 0.3) is 6.08 Å². The van der Waals surface area contributed by atoms with Crippen molar-refractivity contribution in [1.82, 2.24) is 10.6 Å². The molecule has 0 radical (unpaired) electrons. The Morgan fingerprint density at radius 1 is 1.03 bits per heavy atom. The second kappa shape index (κ2) is 10.2. The lowest BCUT2D eigenvalue weighted by Crippen LogP contribution is -2.47. The maximum Gasteiger partial charge on any atom is 0.326 e. The third kappa shape index (κ3) is 6.31. The summed E-state index contributed by atoms with van der Waals surface area (Å²) in [7, 11) is 0. The van der Waals surface area contributed by atoms with E-state index in [0.717, 1.165) is 5.56 Å². The summed E-state index contributed by atoms with van der Waals surface area (Å²) in [6, 6.07) is 14.9. The van der Waals surface area contributed by atoms with Gasteiger partial charge in [0.25, 0.3) is 11.8 Å². The van der Waals surface area contributed by atoms with E-state index in [1.54, 1.807) is 43.3 Å². The van der Waals surface area contributed by atoms with E-state index < -0.39 is 23.8 Å². The van der Waals surface area contributed by atoms with Crippen molar-refractivity contribution in [1.29, 1.82) is 0 Å². The molecule has 0 aliphatic heterocycles. The van der Waals surface area contributed by atoms with Crippen molar-refractivity contribution >= 4 is 23.9 Å². The van der Waals surface area contributed by atoms with Gasteiger partial charge >= 0.3 is 5.97 Å². The lowest BCUT2D eigenvalue weighted by Gasteiger charge is -2.21. The van der Waals surface area contributed by atoms with Crippen molar-refractivity contribution in [3.63, 3.8) is 0 Å². The molecule has 2 rings (SSSR count). The molecule has 6 nitrogen and oxygen atoms in total. The van der Waals surface area contributed by atoms with Gasteiger partial charge in [0.15, 0.2) is 0 Å². The third-order valence-electron chi connectivity index (χ3n) is 4.68. The van der Waals surface area contributed by atoms with E-state index in [4.69, 9.17) is 0 Å². The van der Waals surface area contributed by atoms with Crippen LogP contribution in [0.4, 0.5) is 0 Å². The molecule has 0 aromatic heterocycles. The fourth-order valence-corrected chi connectivity index (χ4v) is 2.68. The molecule has 0 fully saturated rings. The lowest BCUT2D eigenvalue weighted by atomic mass is 9.99. The minimum atomic E-state index is -1.11. The Kier molecular flexibility index (Phi) is 7.71. The van der Waals surface area contributed by atoms with Crippen molar-refractivity contribution in [2.75, 3.05) is 0 Å². The van der Waals surface area contributed by atoms with Crippen molar-refractivity contribution < 1.29 is 19.5 Å². The lowest BCUT2D eigenvalue weighted by molar-refractivity contribution is -0.142. The molecule has 0 heterocycles. The average Bonchev–Trinajstić information content (AvgIpc) is 2.71. The van der Waals surface area contributed by atoms with E-state index in [9.17, 15) is 19.5 Å². The van der Waals surface area contributed by atoms with Gasteiger partial charge in [0, 0.05) is 5.56 Å². The van der Waals surface area contributed by atoms with Crippen LogP contribution in [0.5, 0.6) is 0 Å². The zero-order chi connectivity index (χ0) is 21.4. The molecule has 0 spiro atoms. The fourth-order valence-electron chi connectivity index (χ4n) is 2.68. The SMILES string of the molecule is CC[C@H](C)[C@H](NC(=O)/C(=C\c1ccccc1)NC(=O)c1ccc(C)cc1)C(=O)O. The first kappa shape index (κ1) is 21.9. The summed E-state index contributed by atoms with van der Waals surface area (Å²) in [5.41, 5.74) is 2.10. The van der Waals surface area contributed by atoms with Gasteiger partial charge in [-0.05, 0) is 36.6 Å². The van der Waals surface area contributed by atoms with Gasteiger partial charge in [0.1, 0.15) is 11.7 Å². The largest absolute Gasteiger partial charge is 0.480 e. The van der Waals surface area contributed by atoms with Crippen molar-refractivity contribution in [3.05, 3.63) is 77.0 Å². The summed E-state index contributed by atoms with van der Waals surface area (Å²) < 4.78 is 0. The van der Waals surface area contributed by atoms with Gasteiger partial charge in [-0.25, -0.2) is 4.79 Å². The van der Waals surface area contributed by atoms with Crippen molar-refractivity contribution in [2.45, 2.75) is 33.2 Å². The first-order chi connectivity index (χ1) is 13.8. The van der Waals surface area contributed by atoms with Crippen LogP contribution in [-0.4, -0.2) is 28.9 Å². The number of carboxylic acids is 1. The van der Waals surface area contributed by atoms with Crippen molar-refractivity contribution in [3.8, 4) is 0 Å². The minimum Gasteiger partial charge on any atom is -0.480 e. The second-order valence-corrected chi connectivity index (χ2v) is 6.96. The molecule has 0 bridgehead atoms. The molecule has 2 amide bonds. The molecule has 3 N–H and O–H groups in total. The van der Waals surface area contributed by atoms with Gasteiger partial charge in [0.05, 0.1) is 0 Å². The van der Waals surface area contributed by atoms with Crippen LogP contribution in [0.2, 0.25) is 0 Å². The number of hydrogen-bond acceptors (Lipinski definition) is 3. The molecule has 29 heavy (non-hydrogen) atoms. The third-order valence-corrected chi connectivity index (χ3v) is 4.68. The number of carbonyl (C=O) groups excluding carboxylic acids is 2. The van der Waals surface area contributed by atoms with Crippen LogP contribution in [0.3, 0.4) is 0 Å². The number of carboxylic acid groups (broad SMARTS) is 1. The standard InChI is InChI=1S/C23H26N2O4/c1-4-16(3)20(23(28)29)25-22(27)19(14-17-8-6-5-7-9-17)24-21(26)18-12-10-15(2)11-13-18/h5-14,16,20H,4H2,1-3H3,(H,24,26)(H,25,27)(H,28,29)/b19-14+/t16-,20-/m0/s1. The summed E-state index contributed by atoms with van der Waals surface area (Å²) in [6.07, 6.45) is 2.11. The maximum atomic E-state index is 12.8. The molecule has 0 unspecified atom stereocenters. The highest BCUT2D eigenvalue weighted by Gasteiger charge is 2.27. The predicted octanol–water partition coefficient (Wildman–Crippen LogP) is 3.38. The molecular formula is C23H26N2O4. The van der Waals surface area contributed by atoms with Crippen LogP contribution in [0, 0.1) is 12.8 Å². The number of aryl methyl sites for hydroxylation is 1. The van der Waals surface area contributed by atoms with E-state index in [0.29, 0.717) is 17.5 Å². The zero-order valence-corrected chi connectivity index (χ0v) is 16.8. The molecule has 6 heteroatoms. The summed E-state index contributed by atoms with van der Waals surface area (Å²) in [5.74, 6) is -2.47. The number of rotatable bonds is 8. The van der Waals surface area contributed by atoms with E-state index in [1.807, 2.05) is 32.0 Å². The van der Waals surface area contributed by atoms with Gasteiger partial charge < -0.3 is 15.7 Å². The Bertz CT molecular complexity index is 889. The fraction of sp³-hybridized carbons (Fsp3) is 0.261. The Morgan fingerprint density at radius 3 is 2.21 bits per heavy atom. The molecule has 0 aliphatic rings. The van der Waals surface area contributed by atoms with Crippen LogP contribution in [0.15, 0.2) is 60.3 Å². The van der Waals surface area contributed by atoms with Gasteiger partial charge in [0.2, 0.25) is 0 Å². The smallest absolute Gasteiger partial charge is 0.326 e. The first-order valence-corrected chi connectivity index (χ1v) is 9.50. The summed E-state index contributed by atoms with van der Waals surface area (Å²) >= 11 is 0. The monoisotopic (exact) mass is 394 g/mol. The molecule has 2 aromatic carbocycles. The molecule has 2 aromatic rings. The zero-order valence-electron chi connectivity index (χ0n) is 16.8. The van der Waals surface area contributed by atoms with E-state index in [-0.39, 0.29) is 11.6 Å². The Hall–Kier alpha value is -3.41.